The quantitative estimate of drug-likeness (QED) is 0.471. The van der Waals surface area contributed by atoms with Gasteiger partial charge in [-0.2, -0.15) is 0 Å². The maximum atomic E-state index is 13.3. The number of anilines is 1. The maximum absolute atomic E-state index is 13.3. The molecule has 1 fully saturated rings. The van der Waals surface area contributed by atoms with E-state index in [-0.39, 0.29) is 35.1 Å². The van der Waals surface area contributed by atoms with Crippen LogP contribution < -0.4 is 4.90 Å². The van der Waals surface area contributed by atoms with Gasteiger partial charge in [0.25, 0.3) is 0 Å². The van der Waals surface area contributed by atoms with Crippen LogP contribution in [0.1, 0.15) is 21.3 Å². The lowest BCUT2D eigenvalue weighted by atomic mass is 9.92. The lowest BCUT2D eigenvalue weighted by Gasteiger charge is -2.47. The van der Waals surface area contributed by atoms with Gasteiger partial charge in [-0.05, 0) is 53.4 Å². The number of thiophene rings is 1. The van der Waals surface area contributed by atoms with Crippen molar-refractivity contribution in [2.24, 2.45) is 0 Å². The van der Waals surface area contributed by atoms with Gasteiger partial charge in [0.15, 0.2) is 5.78 Å². The molecule has 1 aliphatic rings. The van der Waals surface area contributed by atoms with Gasteiger partial charge in [-0.1, -0.05) is 18.2 Å². The van der Waals surface area contributed by atoms with E-state index in [4.69, 9.17) is 0 Å². The summed E-state index contributed by atoms with van der Waals surface area (Å²) in [5.41, 5.74) is 1.45. The van der Waals surface area contributed by atoms with Gasteiger partial charge in [0.05, 0.1) is 16.7 Å². The molecule has 1 amide bonds. The first-order chi connectivity index (χ1) is 13.5. The molecule has 142 valence electrons. The average molecular weight is 413 g/mol. The molecule has 1 N–H and O–H groups in total. The summed E-state index contributed by atoms with van der Waals surface area (Å²) < 4.78 is 13.3. The van der Waals surface area contributed by atoms with E-state index in [2.05, 4.69) is 0 Å². The molecule has 0 bridgehead atoms. The number of benzene rings is 2. The number of carbonyl (C=O) groups excluding carboxylic acids is 2. The van der Waals surface area contributed by atoms with Crippen molar-refractivity contribution in [1.29, 1.82) is 0 Å². The Hall–Kier alpha value is -2.64. The van der Waals surface area contributed by atoms with Gasteiger partial charge < -0.3 is 10.0 Å². The highest BCUT2D eigenvalue weighted by molar-refractivity contribution is 8.01. The third kappa shape index (κ3) is 3.55. The molecule has 7 heteroatoms. The van der Waals surface area contributed by atoms with E-state index in [0.29, 0.717) is 10.6 Å². The van der Waals surface area contributed by atoms with Crippen molar-refractivity contribution in [3.63, 3.8) is 0 Å². The van der Waals surface area contributed by atoms with Crippen molar-refractivity contribution in [2.75, 3.05) is 10.7 Å². The summed E-state index contributed by atoms with van der Waals surface area (Å²) in [4.78, 5) is 27.5. The van der Waals surface area contributed by atoms with Gasteiger partial charge in [0.2, 0.25) is 5.91 Å². The van der Waals surface area contributed by atoms with E-state index in [9.17, 15) is 19.1 Å². The molecule has 0 spiro atoms. The van der Waals surface area contributed by atoms with Gasteiger partial charge in [-0.25, -0.2) is 4.39 Å². The molecule has 4 nitrogen and oxygen atoms in total. The Morgan fingerprint density at radius 2 is 1.82 bits per heavy atom. The molecule has 1 aromatic heterocycles. The Morgan fingerprint density at radius 1 is 1.11 bits per heavy atom. The number of rotatable bonds is 6. The monoisotopic (exact) mass is 413 g/mol. The molecule has 2 atom stereocenters. The van der Waals surface area contributed by atoms with Crippen LogP contribution in [-0.2, 0) is 4.79 Å². The first kappa shape index (κ1) is 18.7. The zero-order valence-electron chi connectivity index (χ0n) is 14.6. The Labute approximate surface area is 169 Å². The van der Waals surface area contributed by atoms with Crippen LogP contribution in [0.15, 0.2) is 66.0 Å². The number of phenols is 1. The maximum Gasteiger partial charge on any atom is 0.243 e. The molecule has 3 aromatic rings. The molecule has 4 rings (SSSR count). The fraction of sp³-hybridized carbons (Fsp3) is 0.143. The van der Waals surface area contributed by atoms with E-state index in [1.54, 1.807) is 47.4 Å². The van der Waals surface area contributed by atoms with Crippen LogP contribution in [0.5, 0.6) is 5.75 Å². The Morgan fingerprint density at radius 3 is 2.46 bits per heavy atom. The first-order valence-corrected chi connectivity index (χ1v) is 10.5. The Balaban J connectivity index is 1.58. The number of thioether (sulfide) groups is 1. The summed E-state index contributed by atoms with van der Waals surface area (Å²) in [6, 6.07) is 15.7. The summed E-state index contributed by atoms with van der Waals surface area (Å²) in [5.74, 6) is -0.140. The number of amides is 1. The fourth-order valence-corrected chi connectivity index (χ4v) is 5.14. The topological polar surface area (TPSA) is 57.6 Å². The molecule has 0 saturated carbocycles. The van der Waals surface area contributed by atoms with Crippen LogP contribution in [-0.4, -0.2) is 27.8 Å². The minimum atomic E-state index is -0.418. The van der Waals surface area contributed by atoms with Gasteiger partial charge in [-0.15, -0.1) is 23.1 Å². The average Bonchev–Trinajstić information content (AvgIpc) is 3.23. The van der Waals surface area contributed by atoms with Crippen molar-refractivity contribution >= 4 is 40.5 Å². The van der Waals surface area contributed by atoms with Crippen LogP contribution in [0.4, 0.5) is 10.1 Å². The minimum Gasteiger partial charge on any atom is -0.508 e. The molecule has 1 saturated heterocycles. The smallest absolute Gasteiger partial charge is 0.243 e. The number of carbonyl (C=O) groups is 2. The van der Waals surface area contributed by atoms with Gasteiger partial charge in [0.1, 0.15) is 16.8 Å². The summed E-state index contributed by atoms with van der Waals surface area (Å²) in [5, 5.41) is 11.0. The molecule has 0 radical (unpaired) electrons. The van der Waals surface area contributed by atoms with E-state index in [1.165, 1.54) is 35.2 Å². The number of aromatic hydroxyl groups is 1. The largest absolute Gasteiger partial charge is 0.508 e. The van der Waals surface area contributed by atoms with Crippen LogP contribution in [0.25, 0.3) is 0 Å². The summed E-state index contributed by atoms with van der Waals surface area (Å²) in [7, 11) is 0. The molecule has 2 heterocycles. The van der Waals surface area contributed by atoms with E-state index in [0.717, 1.165) is 5.56 Å². The number of β-lactam (4-membered cyclic amide) rings is 1. The minimum absolute atomic E-state index is 0.00233. The van der Waals surface area contributed by atoms with Crippen LogP contribution in [0.2, 0.25) is 0 Å². The second-order valence-corrected chi connectivity index (χ2v) is 8.43. The standard InChI is InChI=1S/C21H16FNO3S2/c22-14-5-7-15(8-6-14)23-19(13-3-9-16(24)10-4-13)20(21(23)26)28-12-17(25)18-2-1-11-27-18/h1-11,19-20,24H,12H2/t19-,20-/m0/s1. The first-order valence-electron chi connectivity index (χ1n) is 8.60. The third-order valence-corrected chi connectivity index (χ3v) is 6.73. The number of hydrogen-bond acceptors (Lipinski definition) is 5. The Kier molecular flexibility index (Phi) is 5.19. The van der Waals surface area contributed by atoms with E-state index < -0.39 is 5.25 Å². The second-order valence-electron chi connectivity index (χ2n) is 6.35. The summed E-state index contributed by atoms with van der Waals surface area (Å²) in [6.45, 7) is 0. The summed E-state index contributed by atoms with van der Waals surface area (Å²) in [6.07, 6.45) is 0. The highest BCUT2D eigenvalue weighted by Crippen LogP contribution is 2.45. The lowest BCUT2D eigenvalue weighted by Crippen LogP contribution is -2.57. The Bertz CT molecular complexity index is 988. The molecular weight excluding hydrogens is 397 g/mol. The number of Topliss-reactive ketones (excluding diaryl/α,β-unsaturated/α-hetero) is 1. The molecular formula is C21H16FNO3S2. The van der Waals surface area contributed by atoms with Crippen molar-refractivity contribution in [3.05, 3.63) is 82.3 Å². The lowest BCUT2D eigenvalue weighted by molar-refractivity contribution is -0.123. The van der Waals surface area contributed by atoms with Crippen molar-refractivity contribution in [2.45, 2.75) is 11.3 Å². The zero-order valence-corrected chi connectivity index (χ0v) is 16.3. The predicted octanol–water partition coefficient (Wildman–Crippen LogP) is 4.67. The fourth-order valence-electron chi connectivity index (χ4n) is 3.18. The molecule has 28 heavy (non-hydrogen) atoms. The highest BCUT2D eigenvalue weighted by Gasteiger charge is 2.49. The van der Waals surface area contributed by atoms with Crippen molar-refractivity contribution in [3.8, 4) is 5.75 Å². The van der Waals surface area contributed by atoms with Gasteiger partial charge in [-0.3, -0.25) is 9.59 Å². The van der Waals surface area contributed by atoms with E-state index >= 15 is 0 Å². The zero-order chi connectivity index (χ0) is 19.7. The third-order valence-electron chi connectivity index (χ3n) is 4.58. The molecule has 2 aromatic carbocycles. The summed E-state index contributed by atoms with van der Waals surface area (Å²) >= 11 is 2.70. The number of hydrogen-bond donors (Lipinski definition) is 1. The number of ketones is 1. The normalized spacial score (nSPS) is 18.8. The van der Waals surface area contributed by atoms with Crippen LogP contribution in [0, 0.1) is 5.82 Å². The second kappa shape index (κ2) is 7.77. The SMILES string of the molecule is O=C(CS[C@@H]1C(=O)N(c2ccc(F)cc2)[C@H]1c1ccc(O)cc1)c1cccs1. The van der Waals surface area contributed by atoms with Crippen molar-refractivity contribution < 1.29 is 19.1 Å². The number of nitrogens with zero attached hydrogens (tertiary/aromatic N) is 1. The van der Waals surface area contributed by atoms with Crippen LogP contribution in [0.3, 0.4) is 0 Å². The van der Waals surface area contributed by atoms with Gasteiger partial charge in [0, 0.05) is 5.69 Å². The molecule has 0 unspecified atom stereocenters. The highest BCUT2D eigenvalue weighted by atomic mass is 32.2. The van der Waals surface area contributed by atoms with Crippen molar-refractivity contribution in [1.82, 2.24) is 0 Å². The number of phenolic OH excluding ortho intramolecular Hbond substituents is 1. The number of halogens is 1. The van der Waals surface area contributed by atoms with Crippen LogP contribution >= 0.6 is 23.1 Å². The van der Waals surface area contributed by atoms with Gasteiger partial charge >= 0.3 is 0 Å². The molecule has 1 aliphatic heterocycles. The predicted molar refractivity (Wildman–Crippen MR) is 110 cm³/mol. The molecule has 0 aliphatic carbocycles. The van der Waals surface area contributed by atoms with E-state index in [1.807, 2.05) is 11.4 Å².